The molecule has 0 unspecified atom stereocenters. The van der Waals surface area contributed by atoms with Gasteiger partial charge in [-0.3, -0.25) is 14.5 Å². The van der Waals surface area contributed by atoms with E-state index in [1.165, 1.54) is 20.8 Å². The van der Waals surface area contributed by atoms with Crippen molar-refractivity contribution in [3.63, 3.8) is 0 Å². The Balaban J connectivity index is 1.29. The zero-order valence-electron chi connectivity index (χ0n) is 31.6. The van der Waals surface area contributed by atoms with E-state index in [2.05, 4.69) is 82.3 Å². The third-order valence-corrected chi connectivity index (χ3v) is 17.4. The first-order valence-electron chi connectivity index (χ1n) is 19.2. The first kappa shape index (κ1) is 38.2. The summed E-state index contributed by atoms with van der Waals surface area (Å²) >= 11 is 1.54. The Morgan fingerprint density at radius 3 is 2.28 bits per heavy atom. The molecule has 3 aromatic carbocycles. The number of carbonyl (C=O) groups excluding carboxylic acids is 2. The van der Waals surface area contributed by atoms with Gasteiger partial charge in [-0.1, -0.05) is 118 Å². The van der Waals surface area contributed by atoms with Crippen LogP contribution in [0.3, 0.4) is 0 Å². The Morgan fingerprint density at radius 1 is 0.963 bits per heavy atom. The predicted molar refractivity (Wildman–Crippen MR) is 219 cm³/mol. The number of hydrogen-bond acceptors (Lipinski definition) is 7. The number of hydrogen-bond donors (Lipinski definition) is 2. The number of phenols is 1. The lowest BCUT2D eigenvalue weighted by molar-refractivity contribution is -0.140. The number of allylic oxidation sites excluding steroid dienone is 1. The average Bonchev–Trinajstić information content (AvgIpc) is 3.76. The summed E-state index contributed by atoms with van der Waals surface area (Å²) in [6.45, 7) is 9.45. The Hall–Kier alpha value is -4.06. The molecule has 1 aliphatic carbocycles. The summed E-state index contributed by atoms with van der Waals surface area (Å²) in [4.78, 5) is 31.0. The summed E-state index contributed by atoms with van der Waals surface area (Å²) in [6, 6.07) is 32.2. The number of thiophene rings is 1. The van der Waals surface area contributed by atoms with Crippen molar-refractivity contribution in [2.24, 2.45) is 17.8 Å². The molecule has 4 aromatic rings. The SMILES string of the molecule is CC/C(=C\c1cccc(O)c1)CC[C@H]1OB(O)C[C@H]2C1=C(CO[Si](c1ccccc1)(c1ccccc1)C(C)(C)C)C[C@H]1C(=O)N(Cc3cccs3)C(=O)[C@H]12. The van der Waals surface area contributed by atoms with Crippen LogP contribution in [0.4, 0.5) is 0 Å². The number of benzene rings is 3. The van der Waals surface area contributed by atoms with Crippen LogP contribution in [0.25, 0.3) is 6.08 Å². The molecule has 1 aromatic heterocycles. The number of nitrogens with zero attached hydrogens (tertiary/aromatic N) is 1. The average molecular weight is 760 g/mol. The summed E-state index contributed by atoms with van der Waals surface area (Å²) in [5, 5.41) is 25.4. The Kier molecular flexibility index (Phi) is 11.3. The van der Waals surface area contributed by atoms with Gasteiger partial charge in [-0.05, 0) is 93.6 Å². The first-order chi connectivity index (χ1) is 26.0. The Bertz CT molecular complexity index is 1970. The van der Waals surface area contributed by atoms with Crippen molar-refractivity contribution in [2.45, 2.75) is 77.4 Å². The highest BCUT2D eigenvalue weighted by Crippen LogP contribution is 2.51. The van der Waals surface area contributed by atoms with E-state index in [0.717, 1.165) is 28.0 Å². The highest BCUT2D eigenvalue weighted by atomic mass is 32.1. The molecule has 2 aliphatic heterocycles. The Morgan fingerprint density at radius 2 is 1.67 bits per heavy atom. The van der Waals surface area contributed by atoms with Gasteiger partial charge in [0, 0.05) is 4.88 Å². The van der Waals surface area contributed by atoms with Gasteiger partial charge in [0.2, 0.25) is 11.8 Å². The number of likely N-dealkylation sites (tertiary alicyclic amines) is 1. The molecule has 0 radical (unpaired) electrons. The molecule has 3 heterocycles. The van der Waals surface area contributed by atoms with Gasteiger partial charge in [-0.2, -0.15) is 0 Å². The van der Waals surface area contributed by atoms with Crippen molar-refractivity contribution in [1.29, 1.82) is 0 Å². The van der Waals surface area contributed by atoms with E-state index in [1.54, 1.807) is 23.5 Å². The molecule has 2 amide bonds. The molecule has 0 bridgehead atoms. The molecule has 10 heteroatoms. The third kappa shape index (κ3) is 7.47. The van der Waals surface area contributed by atoms with Gasteiger partial charge < -0.3 is 19.2 Å². The van der Waals surface area contributed by atoms with Gasteiger partial charge in [-0.15, -0.1) is 11.3 Å². The highest BCUT2D eigenvalue weighted by molar-refractivity contribution is 7.09. The highest BCUT2D eigenvalue weighted by Gasteiger charge is 2.58. The lowest BCUT2D eigenvalue weighted by atomic mass is 9.58. The molecule has 7 rings (SSSR count). The van der Waals surface area contributed by atoms with E-state index in [9.17, 15) is 19.7 Å². The maximum Gasteiger partial charge on any atom is 0.455 e. The van der Waals surface area contributed by atoms with Crippen molar-refractivity contribution in [3.8, 4) is 5.75 Å². The molecule has 280 valence electrons. The van der Waals surface area contributed by atoms with Crippen LogP contribution in [0.1, 0.15) is 63.8 Å². The summed E-state index contributed by atoms with van der Waals surface area (Å²) < 4.78 is 13.9. The van der Waals surface area contributed by atoms with Crippen molar-refractivity contribution in [3.05, 3.63) is 130 Å². The van der Waals surface area contributed by atoms with Gasteiger partial charge in [0.15, 0.2) is 0 Å². The molecule has 2 fully saturated rings. The molecule has 54 heavy (non-hydrogen) atoms. The molecule has 0 spiro atoms. The number of phenolic OH excluding ortho intramolecular Hbond substituents is 1. The van der Waals surface area contributed by atoms with Gasteiger partial charge in [-0.25, -0.2) is 0 Å². The Labute approximate surface area is 324 Å². The molecule has 7 nitrogen and oxygen atoms in total. The van der Waals surface area contributed by atoms with Gasteiger partial charge in [0.05, 0.1) is 31.1 Å². The van der Waals surface area contributed by atoms with Gasteiger partial charge >= 0.3 is 7.12 Å². The summed E-state index contributed by atoms with van der Waals surface area (Å²) in [6.07, 6.45) is 4.43. The molecule has 0 saturated carbocycles. The normalized spacial score (nSPS) is 22.1. The van der Waals surface area contributed by atoms with E-state index in [0.29, 0.717) is 25.9 Å². The lowest BCUT2D eigenvalue weighted by Crippen LogP contribution is -2.66. The maximum absolute atomic E-state index is 14.3. The number of carbonyl (C=O) groups is 2. The van der Waals surface area contributed by atoms with Crippen LogP contribution in [-0.2, 0) is 25.2 Å². The van der Waals surface area contributed by atoms with Crippen LogP contribution >= 0.6 is 11.3 Å². The fraction of sp³-hybridized carbons (Fsp3) is 0.364. The second-order valence-electron chi connectivity index (χ2n) is 15.9. The van der Waals surface area contributed by atoms with Crippen LogP contribution in [0, 0.1) is 17.8 Å². The number of rotatable bonds is 12. The van der Waals surface area contributed by atoms with E-state index in [-0.39, 0.29) is 41.4 Å². The minimum absolute atomic E-state index is 0.139. The van der Waals surface area contributed by atoms with E-state index < -0.39 is 33.4 Å². The van der Waals surface area contributed by atoms with Crippen LogP contribution in [0.15, 0.2) is 119 Å². The van der Waals surface area contributed by atoms with Crippen LogP contribution in [0.5, 0.6) is 5.75 Å². The standard InChI is InChI=1S/C44H50BNO6SSi/c1-5-30(24-31-14-12-15-33(47)25-31)21-22-39-40-32(29-51-54(44(2,3)4,35-17-8-6-9-18-35)36-19-10-7-11-20-36)26-37-41(38(40)27-45(50)52-39)43(49)46(42(37)48)28-34-16-13-23-53-34/h6-20,23-25,37-39,41,47,50H,5,21-22,26-29H2,1-4H3/b30-24+/t37-,38+,39-,41-/m1/s1. The lowest BCUT2D eigenvalue weighted by Gasteiger charge is -2.46. The fourth-order valence-corrected chi connectivity index (χ4v) is 14.4. The van der Waals surface area contributed by atoms with Crippen molar-refractivity contribution in [1.82, 2.24) is 4.90 Å². The largest absolute Gasteiger partial charge is 0.508 e. The smallest absolute Gasteiger partial charge is 0.455 e. The second-order valence-corrected chi connectivity index (χ2v) is 21.2. The first-order valence-corrected chi connectivity index (χ1v) is 22.0. The van der Waals surface area contributed by atoms with Gasteiger partial charge in [0.1, 0.15) is 5.75 Å². The van der Waals surface area contributed by atoms with Crippen LogP contribution in [0.2, 0.25) is 11.4 Å². The van der Waals surface area contributed by atoms with Gasteiger partial charge in [0.25, 0.3) is 8.32 Å². The number of fused-ring (bicyclic) bond motifs is 3. The molecule has 2 N–H and O–H groups in total. The summed E-state index contributed by atoms with van der Waals surface area (Å²) in [5.41, 5.74) is 4.15. The van der Waals surface area contributed by atoms with E-state index in [4.69, 9.17) is 9.08 Å². The molecular formula is C44H50BNO6SSi. The number of amides is 2. The minimum Gasteiger partial charge on any atom is -0.508 e. The quantitative estimate of drug-likeness (QED) is 0.0878. The van der Waals surface area contributed by atoms with Crippen LogP contribution < -0.4 is 10.4 Å². The predicted octanol–water partition coefficient (Wildman–Crippen LogP) is 7.60. The number of imide groups is 1. The fourth-order valence-electron chi connectivity index (χ4n) is 9.15. The summed E-state index contributed by atoms with van der Waals surface area (Å²) in [5.74, 6) is -1.50. The molecule has 4 atom stereocenters. The van der Waals surface area contributed by atoms with Crippen molar-refractivity contribution >= 4 is 55.0 Å². The summed E-state index contributed by atoms with van der Waals surface area (Å²) in [7, 11) is -4.01. The topological polar surface area (TPSA) is 96.3 Å². The number of aromatic hydroxyl groups is 1. The van der Waals surface area contributed by atoms with Crippen molar-refractivity contribution in [2.75, 3.05) is 6.61 Å². The van der Waals surface area contributed by atoms with Crippen LogP contribution in [-0.4, -0.2) is 55.0 Å². The van der Waals surface area contributed by atoms with E-state index >= 15 is 0 Å². The van der Waals surface area contributed by atoms with Crippen molar-refractivity contribution < 1.29 is 28.8 Å². The second kappa shape index (κ2) is 16.0. The van der Waals surface area contributed by atoms with E-state index in [1.807, 2.05) is 41.8 Å². The third-order valence-electron chi connectivity index (χ3n) is 11.6. The molecule has 3 aliphatic rings. The molecule has 2 saturated heterocycles. The monoisotopic (exact) mass is 759 g/mol. The maximum atomic E-state index is 14.3. The minimum atomic E-state index is -2.95. The zero-order chi connectivity index (χ0) is 38.0. The molecular weight excluding hydrogens is 709 g/mol. The zero-order valence-corrected chi connectivity index (χ0v) is 33.4.